The number of alkyl halides is 2. The van der Waals surface area contributed by atoms with E-state index in [1.807, 2.05) is 11.8 Å². The summed E-state index contributed by atoms with van der Waals surface area (Å²) < 4.78 is 23.4. The van der Waals surface area contributed by atoms with Crippen LogP contribution in [0.1, 0.15) is 19.3 Å². The van der Waals surface area contributed by atoms with Crippen LogP contribution in [0.2, 0.25) is 0 Å². The Balaban J connectivity index is 1.98. The molecule has 4 heteroatoms. The van der Waals surface area contributed by atoms with Gasteiger partial charge in [0.25, 0.3) is 6.43 Å². The van der Waals surface area contributed by atoms with E-state index in [1.165, 1.54) is 25.0 Å². The molecule has 1 nitrogen and oxygen atoms in total. The minimum absolute atomic E-state index is 0.156. The van der Waals surface area contributed by atoms with Crippen molar-refractivity contribution in [1.82, 2.24) is 5.32 Å². The lowest BCUT2D eigenvalue weighted by molar-refractivity contribution is 0.146. The van der Waals surface area contributed by atoms with Gasteiger partial charge in [-0.1, -0.05) is 6.42 Å². The summed E-state index contributed by atoms with van der Waals surface area (Å²) in [5.74, 6) is 1.20. The second-order valence-corrected chi connectivity index (χ2v) is 4.45. The van der Waals surface area contributed by atoms with Crippen molar-refractivity contribution in [3.05, 3.63) is 0 Å². The van der Waals surface area contributed by atoms with E-state index in [2.05, 4.69) is 5.32 Å². The van der Waals surface area contributed by atoms with Crippen molar-refractivity contribution in [3.8, 4) is 0 Å². The SMILES string of the molecule is FC(F)CNCC1CCCCS1. The van der Waals surface area contributed by atoms with Crippen LogP contribution in [0.4, 0.5) is 8.78 Å². The highest BCUT2D eigenvalue weighted by Gasteiger charge is 2.13. The molecule has 1 aliphatic heterocycles. The Bertz CT molecular complexity index is 116. The molecule has 1 fully saturated rings. The normalized spacial score (nSPS) is 24.8. The first kappa shape index (κ1) is 10.3. The topological polar surface area (TPSA) is 12.0 Å². The third-order valence-corrected chi connectivity index (χ3v) is 3.34. The Morgan fingerprint density at radius 1 is 1.42 bits per heavy atom. The monoisotopic (exact) mass is 195 g/mol. The molecule has 1 unspecified atom stereocenters. The predicted octanol–water partition coefficient (Wildman–Crippen LogP) is 2.13. The van der Waals surface area contributed by atoms with Crippen LogP contribution in [-0.2, 0) is 0 Å². The molecular weight excluding hydrogens is 180 g/mol. The molecule has 1 aliphatic rings. The van der Waals surface area contributed by atoms with Crippen LogP contribution >= 0.6 is 11.8 Å². The fraction of sp³-hybridized carbons (Fsp3) is 1.00. The summed E-state index contributed by atoms with van der Waals surface area (Å²) in [5, 5.41) is 3.35. The van der Waals surface area contributed by atoms with Gasteiger partial charge in [-0.3, -0.25) is 0 Å². The van der Waals surface area contributed by atoms with Gasteiger partial charge in [0.1, 0.15) is 0 Å². The highest BCUT2D eigenvalue weighted by molar-refractivity contribution is 7.99. The second kappa shape index (κ2) is 5.75. The molecule has 0 aromatic rings. The largest absolute Gasteiger partial charge is 0.310 e. The van der Waals surface area contributed by atoms with E-state index >= 15 is 0 Å². The Hall–Kier alpha value is 0.170. The van der Waals surface area contributed by atoms with E-state index in [0.717, 1.165) is 6.54 Å². The Labute approximate surface area is 76.3 Å². The molecule has 1 heterocycles. The molecule has 0 spiro atoms. The molecule has 1 rings (SSSR count). The van der Waals surface area contributed by atoms with E-state index in [4.69, 9.17) is 0 Å². The summed E-state index contributed by atoms with van der Waals surface area (Å²) in [7, 11) is 0. The lowest BCUT2D eigenvalue weighted by Gasteiger charge is -2.21. The lowest BCUT2D eigenvalue weighted by atomic mass is 10.2. The maximum atomic E-state index is 11.7. The Kier molecular flexibility index (Phi) is 4.92. The third kappa shape index (κ3) is 4.26. The summed E-state index contributed by atoms with van der Waals surface area (Å²) in [5.41, 5.74) is 0. The van der Waals surface area contributed by atoms with Gasteiger partial charge in [-0.05, 0) is 18.6 Å². The minimum atomic E-state index is -2.21. The van der Waals surface area contributed by atoms with Crippen molar-refractivity contribution in [3.63, 3.8) is 0 Å². The summed E-state index contributed by atoms with van der Waals surface area (Å²) >= 11 is 1.91. The van der Waals surface area contributed by atoms with Crippen LogP contribution in [-0.4, -0.2) is 30.5 Å². The molecule has 0 aromatic carbocycles. The molecular formula is C8H15F2NS. The lowest BCUT2D eigenvalue weighted by Crippen LogP contribution is -2.30. The average molecular weight is 195 g/mol. The van der Waals surface area contributed by atoms with E-state index in [9.17, 15) is 8.78 Å². The van der Waals surface area contributed by atoms with Gasteiger partial charge in [0.15, 0.2) is 0 Å². The molecule has 0 aliphatic carbocycles. The molecule has 12 heavy (non-hydrogen) atoms. The quantitative estimate of drug-likeness (QED) is 0.737. The van der Waals surface area contributed by atoms with Crippen LogP contribution in [0.5, 0.6) is 0 Å². The van der Waals surface area contributed by atoms with Gasteiger partial charge < -0.3 is 5.32 Å². The molecule has 1 N–H and O–H groups in total. The summed E-state index contributed by atoms with van der Waals surface area (Å²) in [6.45, 7) is 0.589. The van der Waals surface area contributed by atoms with Gasteiger partial charge in [-0.15, -0.1) is 0 Å². The van der Waals surface area contributed by atoms with Crippen molar-refractivity contribution in [2.24, 2.45) is 0 Å². The van der Waals surface area contributed by atoms with Gasteiger partial charge in [-0.2, -0.15) is 11.8 Å². The molecule has 1 saturated heterocycles. The van der Waals surface area contributed by atoms with Gasteiger partial charge in [0.2, 0.25) is 0 Å². The average Bonchev–Trinajstić information content (AvgIpc) is 2.05. The first-order valence-electron chi connectivity index (χ1n) is 4.39. The van der Waals surface area contributed by atoms with E-state index in [1.54, 1.807) is 0 Å². The summed E-state index contributed by atoms with van der Waals surface area (Å²) in [6, 6.07) is 0. The fourth-order valence-corrected chi connectivity index (χ4v) is 2.59. The van der Waals surface area contributed by atoms with Crippen molar-refractivity contribution in [1.29, 1.82) is 0 Å². The number of rotatable bonds is 4. The number of thioether (sulfide) groups is 1. The molecule has 1 atom stereocenters. The van der Waals surface area contributed by atoms with E-state index in [0.29, 0.717) is 5.25 Å². The van der Waals surface area contributed by atoms with Crippen molar-refractivity contribution in [2.75, 3.05) is 18.8 Å². The van der Waals surface area contributed by atoms with Gasteiger partial charge in [-0.25, -0.2) is 8.78 Å². The van der Waals surface area contributed by atoms with Gasteiger partial charge in [0.05, 0.1) is 6.54 Å². The molecule has 0 bridgehead atoms. The summed E-state index contributed by atoms with van der Waals surface area (Å²) in [6.07, 6.45) is 1.52. The number of hydrogen-bond donors (Lipinski definition) is 1. The van der Waals surface area contributed by atoms with Crippen LogP contribution in [0.3, 0.4) is 0 Å². The highest BCUT2D eigenvalue weighted by Crippen LogP contribution is 2.24. The Morgan fingerprint density at radius 2 is 2.25 bits per heavy atom. The molecule has 0 amide bonds. The maximum absolute atomic E-state index is 11.7. The maximum Gasteiger partial charge on any atom is 0.250 e. The number of halogens is 2. The zero-order chi connectivity index (χ0) is 8.81. The smallest absolute Gasteiger partial charge is 0.250 e. The molecule has 0 aromatic heterocycles. The molecule has 0 saturated carbocycles. The first-order valence-corrected chi connectivity index (χ1v) is 5.44. The minimum Gasteiger partial charge on any atom is -0.310 e. The van der Waals surface area contributed by atoms with Crippen molar-refractivity contribution < 1.29 is 8.78 Å². The third-order valence-electron chi connectivity index (χ3n) is 1.94. The molecule has 72 valence electrons. The van der Waals surface area contributed by atoms with Gasteiger partial charge >= 0.3 is 0 Å². The number of hydrogen-bond acceptors (Lipinski definition) is 2. The zero-order valence-electron chi connectivity index (χ0n) is 7.06. The highest BCUT2D eigenvalue weighted by atomic mass is 32.2. The van der Waals surface area contributed by atoms with E-state index in [-0.39, 0.29) is 6.54 Å². The van der Waals surface area contributed by atoms with Crippen LogP contribution < -0.4 is 5.32 Å². The Morgan fingerprint density at radius 3 is 2.83 bits per heavy atom. The first-order chi connectivity index (χ1) is 5.79. The van der Waals surface area contributed by atoms with E-state index < -0.39 is 6.43 Å². The van der Waals surface area contributed by atoms with Crippen LogP contribution in [0.15, 0.2) is 0 Å². The van der Waals surface area contributed by atoms with Gasteiger partial charge in [0, 0.05) is 11.8 Å². The summed E-state index contributed by atoms with van der Waals surface area (Å²) in [4.78, 5) is 0. The van der Waals surface area contributed by atoms with Crippen molar-refractivity contribution >= 4 is 11.8 Å². The predicted molar refractivity (Wildman–Crippen MR) is 49.0 cm³/mol. The second-order valence-electron chi connectivity index (χ2n) is 3.04. The van der Waals surface area contributed by atoms with Crippen LogP contribution in [0, 0.1) is 0 Å². The number of nitrogens with one attached hydrogen (secondary N) is 1. The van der Waals surface area contributed by atoms with Crippen LogP contribution in [0.25, 0.3) is 0 Å². The fourth-order valence-electron chi connectivity index (χ4n) is 1.32. The zero-order valence-corrected chi connectivity index (χ0v) is 7.88. The van der Waals surface area contributed by atoms with Crippen molar-refractivity contribution in [2.45, 2.75) is 30.9 Å². The standard InChI is InChI=1S/C8H15F2NS/c9-8(10)6-11-5-7-3-1-2-4-12-7/h7-8,11H,1-6H2. The molecule has 0 radical (unpaired) electrons.